The van der Waals surface area contributed by atoms with E-state index in [1.807, 2.05) is 0 Å². The van der Waals surface area contributed by atoms with Crippen LogP contribution in [-0.2, 0) is 16.0 Å². The molecule has 1 aliphatic rings. The van der Waals surface area contributed by atoms with E-state index in [9.17, 15) is 24.1 Å². The van der Waals surface area contributed by atoms with Gasteiger partial charge in [0.25, 0.3) is 5.91 Å². The fraction of sp³-hybridized carbons (Fsp3) is 0.231. The van der Waals surface area contributed by atoms with E-state index in [0.717, 1.165) is 6.07 Å². The molecule has 0 radical (unpaired) electrons. The molecule has 37 heavy (non-hydrogen) atoms. The van der Waals surface area contributed by atoms with Crippen LogP contribution in [0.4, 0.5) is 10.1 Å². The largest absolute Gasteiger partial charge is 0.469 e. The van der Waals surface area contributed by atoms with Gasteiger partial charge >= 0.3 is 11.7 Å². The Kier molecular flexibility index (Phi) is 7.63. The molecule has 0 bridgehead atoms. The second-order valence-corrected chi connectivity index (χ2v) is 8.15. The van der Waals surface area contributed by atoms with Crippen LogP contribution in [0.1, 0.15) is 33.9 Å². The zero-order chi connectivity index (χ0) is 26.5. The Bertz CT molecular complexity index is 1330. The maximum Gasteiger partial charge on any atom is 0.346 e. The minimum absolute atomic E-state index is 0.0673. The van der Waals surface area contributed by atoms with Gasteiger partial charge < -0.3 is 24.2 Å². The molecule has 1 unspecified atom stereocenters. The summed E-state index contributed by atoms with van der Waals surface area (Å²) in [5.74, 6) is -1.41. The topological polar surface area (TPSA) is 128 Å². The van der Waals surface area contributed by atoms with Crippen LogP contribution in [0.15, 0.2) is 60.7 Å². The van der Waals surface area contributed by atoms with Crippen LogP contribution in [0.3, 0.4) is 0 Å². The average molecular weight is 510 g/mol. The second kappa shape index (κ2) is 11.0. The van der Waals surface area contributed by atoms with Gasteiger partial charge in [-0.05, 0) is 60.0 Å². The molecule has 0 aliphatic carbocycles. The van der Waals surface area contributed by atoms with Crippen LogP contribution in [-0.4, -0.2) is 47.3 Å². The van der Waals surface area contributed by atoms with Crippen molar-refractivity contribution in [2.24, 2.45) is 0 Å². The van der Waals surface area contributed by atoms with Crippen LogP contribution in [0, 0.1) is 15.9 Å². The summed E-state index contributed by atoms with van der Waals surface area (Å²) in [5, 5.41) is 20.2. The van der Waals surface area contributed by atoms with Gasteiger partial charge in [-0.1, -0.05) is 18.2 Å². The van der Waals surface area contributed by atoms with Gasteiger partial charge in [0.05, 0.1) is 24.5 Å². The number of halogens is 1. The number of nitro benzene ring substituents is 1. The molecule has 0 spiro atoms. The number of methoxy groups -OCH3 is 1. The van der Waals surface area contributed by atoms with Gasteiger partial charge in [0.15, 0.2) is 6.79 Å². The number of carbonyl (C=O) groups excluding carboxylic acids is 2. The van der Waals surface area contributed by atoms with Crippen molar-refractivity contribution >= 4 is 17.6 Å². The molecule has 0 aromatic heterocycles. The van der Waals surface area contributed by atoms with Gasteiger partial charge in [-0.25, -0.2) is 0 Å². The molecular weight excluding hydrogens is 487 g/mol. The summed E-state index contributed by atoms with van der Waals surface area (Å²) >= 11 is 0. The van der Waals surface area contributed by atoms with E-state index >= 15 is 0 Å². The monoisotopic (exact) mass is 510 g/mol. The van der Waals surface area contributed by atoms with E-state index in [-0.39, 0.29) is 30.4 Å². The third-order valence-electron chi connectivity index (χ3n) is 6.01. The van der Waals surface area contributed by atoms with Gasteiger partial charge in [-0.3, -0.25) is 19.7 Å². The molecule has 1 amide bonds. The van der Waals surface area contributed by atoms with E-state index in [2.05, 4.69) is 0 Å². The van der Waals surface area contributed by atoms with Gasteiger partial charge in [-0.2, -0.15) is 4.39 Å². The van der Waals surface area contributed by atoms with Crippen LogP contribution in [0.2, 0.25) is 0 Å². The number of aliphatic hydroxyl groups excluding tert-OH is 1. The summed E-state index contributed by atoms with van der Waals surface area (Å²) in [5.41, 5.74) is 0.957. The third-order valence-corrected chi connectivity index (χ3v) is 6.01. The molecule has 1 aliphatic heterocycles. The highest BCUT2D eigenvalue weighted by molar-refractivity contribution is 5.97. The maximum absolute atomic E-state index is 13.9. The molecule has 0 fully saturated rings. The minimum atomic E-state index is -1.01. The summed E-state index contributed by atoms with van der Waals surface area (Å²) in [7, 11) is 1.27. The molecule has 3 aromatic carbocycles. The Labute approximate surface area is 210 Å². The number of carbonyl (C=O) groups is 2. The molecule has 1 N–H and O–H groups in total. The molecule has 10 nitrogen and oxygen atoms in total. The van der Waals surface area contributed by atoms with Gasteiger partial charge in [-0.15, -0.1) is 0 Å². The number of fused-ring (bicyclic) bond motifs is 1. The van der Waals surface area contributed by atoms with Crippen LogP contribution in [0.25, 0.3) is 0 Å². The second-order valence-electron chi connectivity index (χ2n) is 8.15. The first kappa shape index (κ1) is 25.6. The highest BCUT2D eigenvalue weighted by atomic mass is 19.1. The van der Waals surface area contributed by atoms with Crippen molar-refractivity contribution in [2.45, 2.75) is 18.9 Å². The Morgan fingerprint density at radius 3 is 2.57 bits per heavy atom. The molecule has 4 rings (SSSR count). The van der Waals surface area contributed by atoms with Crippen molar-refractivity contribution in [2.75, 3.05) is 20.4 Å². The number of aliphatic hydroxyl groups is 1. The smallest absolute Gasteiger partial charge is 0.346 e. The van der Waals surface area contributed by atoms with E-state index in [0.29, 0.717) is 28.9 Å². The lowest BCUT2D eigenvalue weighted by Crippen LogP contribution is -2.41. The quantitative estimate of drug-likeness (QED) is 0.197. The third kappa shape index (κ3) is 5.51. The number of rotatable bonds is 9. The summed E-state index contributed by atoms with van der Waals surface area (Å²) in [4.78, 5) is 37.6. The number of nitrogens with zero attached hydrogens (tertiary/aromatic N) is 2. The number of ether oxygens (including phenoxy) is 3. The summed E-state index contributed by atoms with van der Waals surface area (Å²) in [6, 6.07) is 14.3. The Morgan fingerprint density at radius 1 is 1.16 bits per heavy atom. The van der Waals surface area contributed by atoms with Gasteiger partial charge in [0.2, 0.25) is 11.6 Å². The van der Waals surface area contributed by atoms with Gasteiger partial charge in [0.1, 0.15) is 11.5 Å². The van der Waals surface area contributed by atoms with Gasteiger partial charge in [0, 0.05) is 12.1 Å². The highest BCUT2D eigenvalue weighted by Gasteiger charge is 2.33. The fourth-order valence-corrected chi connectivity index (χ4v) is 4.24. The van der Waals surface area contributed by atoms with Crippen molar-refractivity contribution in [1.82, 2.24) is 4.90 Å². The molecule has 1 atom stereocenters. The fourth-order valence-electron chi connectivity index (χ4n) is 4.24. The zero-order valence-corrected chi connectivity index (χ0v) is 19.8. The predicted octanol–water partition coefficient (Wildman–Crippen LogP) is 4.16. The summed E-state index contributed by atoms with van der Waals surface area (Å²) < 4.78 is 29.4. The SMILES string of the molecule is COC(=O)CC(c1ccc(OCO)cc1)N1CCc2cc(Oc3cccc(F)c3[N+](=O)[O-])ccc2C1=O. The molecule has 0 saturated carbocycles. The number of benzene rings is 3. The van der Waals surface area contributed by atoms with Crippen molar-refractivity contribution < 1.29 is 38.2 Å². The van der Waals surface area contributed by atoms with E-state index in [4.69, 9.17) is 19.3 Å². The Hall–Kier alpha value is -4.51. The minimum Gasteiger partial charge on any atom is -0.469 e. The number of para-hydroxylation sites is 1. The summed E-state index contributed by atoms with van der Waals surface area (Å²) in [6.07, 6.45) is 0.356. The molecular formula is C26H23FN2O8. The number of amides is 1. The molecule has 192 valence electrons. The predicted molar refractivity (Wildman–Crippen MR) is 128 cm³/mol. The van der Waals surface area contributed by atoms with Crippen molar-refractivity contribution in [1.29, 1.82) is 0 Å². The number of hydrogen-bond acceptors (Lipinski definition) is 8. The van der Waals surface area contributed by atoms with Crippen molar-refractivity contribution in [3.8, 4) is 17.2 Å². The summed E-state index contributed by atoms with van der Waals surface area (Å²) in [6.45, 7) is -0.198. The van der Waals surface area contributed by atoms with Crippen LogP contribution in [0.5, 0.6) is 17.2 Å². The molecule has 3 aromatic rings. The first-order valence-corrected chi connectivity index (χ1v) is 11.3. The van der Waals surface area contributed by atoms with Crippen LogP contribution < -0.4 is 9.47 Å². The zero-order valence-electron chi connectivity index (χ0n) is 19.8. The van der Waals surface area contributed by atoms with Crippen LogP contribution >= 0.6 is 0 Å². The van der Waals surface area contributed by atoms with E-state index in [1.165, 1.54) is 31.4 Å². The van der Waals surface area contributed by atoms with E-state index in [1.54, 1.807) is 35.2 Å². The normalized spacial score (nSPS) is 13.5. The number of esters is 1. The first-order chi connectivity index (χ1) is 17.8. The number of nitro groups is 1. The first-order valence-electron chi connectivity index (χ1n) is 11.3. The van der Waals surface area contributed by atoms with E-state index < -0.39 is 35.2 Å². The maximum atomic E-state index is 13.9. The molecule has 0 saturated heterocycles. The number of hydrogen-bond donors (Lipinski definition) is 1. The molecule has 11 heteroatoms. The molecule has 1 heterocycles. The highest BCUT2D eigenvalue weighted by Crippen LogP contribution is 2.36. The lowest BCUT2D eigenvalue weighted by molar-refractivity contribution is -0.388. The lowest BCUT2D eigenvalue weighted by Gasteiger charge is -2.35. The van der Waals surface area contributed by atoms with Crippen molar-refractivity contribution in [3.05, 3.63) is 93.3 Å². The standard InChI is InChI=1S/C26H23FN2O8/c1-35-24(31)14-22(16-5-7-18(8-6-16)36-15-30)28-12-11-17-13-19(9-10-20(17)26(28)32)37-23-4-2-3-21(27)25(23)29(33)34/h2-10,13,22,30H,11-12,14-15H2,1H3. The Balaban J connectivity index is 1.60. The van der Waals surface area contributed by atoms with Crippen molar-refractivity contribution in [3.63, 3.8) is 0 Å². The Morgan fingerprint density at radius 2 is 1.89 bits per heavy atom. The average Bonchev–Trinajstić information content (AvgIpc) is 2.88. The lowest BCUT2D eigenvalue weighted by atomic mass is 9.94.